The highest BCUT2D eigenvalue weighted by molar-refractivity contribution is 7.99. The monoisotopic (exact) mass is 420 g/mol. The Morgan fingerprint density at radius 3 is 2.63 bits per heavy atom. The summed E-state index contributed by atoms with van der Waals surface area (Å²) in [6.07, 6.45) is 6.68. The summed E-state index contributed by atoms with van der Waals surface area (Å²) in [7, 11) is 0. The summed E-state index contributed by atoms with van der Waals surface area (Å²) in [4.78, 5) is 32.4. The number of anilines is 2. The van der Waals surface area contributed by atoms with E-state index in [-0.39, 0.29) is 11.7 Å². The van der Waals surface area contributed by atoms with Gasteiger partial charge in [-0.2, -0.15) is 0 Å². The molecule has 2 saturated heterocycles. The minimum atomic E-state index is 0.0270. The quantitative estimate of drug-likeness (QED) is 0.600. The Morgan fingerprint density at radius 2 is 1.77 bits per heavy atom. The molecule has 0 saturated carbocycles. The molecule has 0 radical (unpaired) electrons. The van der Waals surface area contributed by atoms with Gasteiger partial charge in [0, 0.05) is 27.8 Å². The van der Waals surface area contributed by atoms with Crippen LogP contribution in [0.1, 0.15) is 55.8 Å². The van der Waals surface area contributed by atoms with Crippen molar-refractivity contribution in [2.45, 2.75) is 61.3 Å². The topological polar surface area (TPSA) is 40.6 Å². The van der Waals surface area contributed by atoms with Gasteiger partial charge in [0.2, 0.25) is 5.91 Å². The molecule has 3 heterocycles. The fourth-order valence-electron chi connectivity index (χ4n) is 5.37. The molecule has 2 aromatic carbocycles. The Balaban J connectivity index is 1.49. The van der Waals surface area contributed by atoms with Crippen LogP contribution in [0.3, 0.4) is 0 Å². The van der Waals surface area contributed by atoms with Crippen molar-refractivity contribution in [1.82, 2.24) is 4.90 Å². The Labute approximate surface area is 182 Å². The molecule has 2 atom stereocenters. The number of fused-ring (bicyclic) bond motifs is 3. The van der Waals surface area contributed by atoms with Gasteiger partial charge in [-0.15, -0.1) is 0 Å². The van der Waals surface area contributed by atoms with Crippen molar-refractivity contribution in [3.05, 3.63) is 48.0 Å². The summed E-state index contributed by atoms with van der Waals surface area (Å²) in [6, 6.07) is 14.4. The van der Waals surface area contributed by atoms with Gasteiger partial charge in [-0.1, -0.05) is 36.4 Å². The summed E-state index contributed by atoms with van der Waals surface area (Å²) in [5.74, 6) is 0.606. The number of nitrogens with zero attached hydrogens (tertiary/aromatic N) is 2. The second-order valence-electron chi connectivity index (χ2n) is 8.74. The summed E-state index contributed by atoms with van der Waals surface area (Å²) in [6.45, 7) is 3.95. The zero-order valence-corrected chi connectivity index (χ0v) is 18.3. The van der Waals surface area contributed by atoms with Crippen LogP contribution in [0.2, 0.25) is 0 Å². The molecule has 3 aliphatic rings. The molecule has 30 heavy (non-hydrogen) atoms. The third kappa shape index (κ3) is 3.58. The minimum absolute atomic E-state index is 0.0270. The molecule has 2 fully saturated rings. The van der Waals surface area contributed by atoms with Crippen LogP contribution < -0.4 is 4.90 Å². The average Bonchev–Trinajstić information content (AvgIpc) is 2.77. The van der Waals surface area contributed by atoms with Gasteiger partial charge in [0.1, 0.15) is 0 Å². The number of hydrogen-bond donors (Lipinski definition) is 0. The summed E-state index contributed by atoms with van der Waals surface area (Å²) < 4.78 is 0. The van der Waals surface area contributed by atoms with Crippen molar-refractivity contribution < 1.29 is 9.59 Å². The summed E-state index contributed by atoms with van der Waals surface area (Å²) in [5, 5.41) is 0. The highest BCUT2D eigenvalue weighted by Crippen LogP contribution is 2.49. The summed E-state index contributed by atoms with van der Waals surface area (Å²) in [5.41, 5.74) is 2.45. The first-order valence-corrected chi connectivity index (χ1v) is 11.9. The van der Waals surface area contributed by atoms with Crippen LogP contribution in [0, 0.1) is 5.92 Å². The molecular weight excluding hydrogens is 392 g/mol. The molecule has 156 valence electrons. The van der Waals surface area contributed by atoms with Gasteiger partial charge in [-0.25, -0.2) is 0 Å². The zero-order valence-electron chi connectivity index (χ0n) is 17.5. The van der Waals surface area contributed by atoms with Gasteiger partial charge in [-0.05, 0) is 75.9 Å². The van der Waals surface area contributed by atoms with Crippen LogP contribution >= 0.6 is 11.8 Å². The average molecular weight is 421 g/mol. The number of piperidine rings is 2. The van der Waals surface area contributed by atoms with Gasteiger partial charge in [0.25, 0.3) is 0 Å². The normalized spacial score (nSPS) is 23.3. The van der Waals surface area contributed by atoms with Gasteiger partial charge >= 0.3 is 0 Å². The van der Waals surface area contributed by atoms with Gasteiger partial charge in [0.15, 0.2) is 5.78 Å². The maximum Gasteiger partial charge on any atom is 0.231 e. The maximum atomic E-state index is 13.8. The molecule has 3 aliphatic heterocycles. The predicted molar refractivity (Wildman–Crippen MR) is 121 cm³/mol. The first-order valence-electron chi connectivity index (χ1n) is 11.1. The fraction of sp³-hybridized carbons (Fsp3) is 0.440. The molecule has 2 aromatic rings. The molecule has 0 unspecified atom stereocenters. The molecule has 0 bridgehead atoms. The molecule has 0 aromatic heterocycles. The molecule has 5 rings (SSSR count). The molecular formula is C25H28N2O2S. The highest BCUT2D eigenvalue weighted by Gasteiger charge is 2.36. The third-order valence-corrected chi connectivity index (χ3v) is 7.98. The summed E-state index contributed by atoms with van der Waals surface area (Å²) >= 11 is 1.67. The van der Waals surface area contributed by atoms with Crippen LogP contribution in [0.5, 0.6) is 0 Å². The number of carbonyl (C=O) groups is 2. The smallest absolute Gasteiger partial charge is 0.231 e. The lowest BCUT2D eigenvalue weighted by Crippen LogP contribution is -2.49. The molecule has 0 spiro atoms. The van der Waals surface area contributed by atoms with Gasteiger partial charge in [0.05, 0.1) is 11.4 Å². The van der Waals surface area contributed by atoms with E-state index in [2.05, 4.69) is 11.0 Å². The van der Waals surface area contributed by atoms with Crippen molar-refractivity contribution in [1.29, 1.82) is 0 Å². The number of para-hydroxylation sites is 1. The predicted octanol–water partition coefficient (Wildman–Crippen LogP) is 5.67. The van der Waals surface area contributed by atoms with Crippen LogP contribution in [0.15, 0.2) is 52.3 Å². The van der Waals surface area contributed by atoms with Crippen molar-refractivity contribution in [2.75, 3.05) is 18.0 Å². The van der Waals surface area contributed by atoms with E-state index in [1.807, 2.05) is 41.3 Å². The van der Waals surface area contributed by atoms with Crippen molar-refractivity contribution in [3.63, 3.8) is 0 Å². The van der Waals surface area contributed by atoms with E-state index in [0.717, 1.165) is 27.6 Å². The van der Waals surface area contributed by atoms with E-state index >= 15 is 0 Å². The Kier molecular flexibility index (Phi) is 5.42. The zero-order chi connectivity index (χ0) is 20.7. The van der Waals surface area contributed by atoms with Crippen LogP contribution in [-0.4, -0.2) is 35.7 Å². The van der Waals surface area contributed by atoms with Gasteiger partial charge < -0.3 is 4.90 Å². The van der Waals surface area contributed by atoms with E-state index < -0.39 is 0 Å². The number of benzene rings is 2. The lowest BCUT2D eigenvalue weighted by molar-refractivity contribution is -0.120. The van der Waals surface area contributed by atoms with E-state index in [1.54, 1.807) is 18.7 Å². The van der Waals surface area contributed by atoms with E-state index in [0.29, 0.717) is 23.9 Å². The van der Waals surface area contributed by atoms with E-state index in [9.17, 15) is 9.59 Å². The first kappa shape index (κ1) is 19.8. The standard InChI is InChI=1S/C25H28N2O2S/c1-17(28)18-11-12-24-22(15-18)27(21-9-2-3-10-23(21)30-24)25(29)16-19-7-6-14-26-13-5-4-8-20(19)26/h2-3,9-12,15,19-20H,4-8,13-14,16H2,1H3/t19-,20+/m0/s1. The number of ketones is 1. The fourth-order valence-corrected chi connectivity index (χ4v) is 6.41. The van der Waals surface area contributed by atoms with Gasteiger partial charge in [-0.3, -0.25) is 14.5 Å². The Bertz CT molecular complexity index is 987. The molecule has 1 amide bonds. The number of carbonyl (C=O) groups excluding carboxylic acids is 2. The number of hydrogen-bond acceptors (Lipinski definition) is 4. The molecule has 4 nitrogen and oxygen atoms in total. The van der Waals surface area contributed by atoms with Crippen LogP contribution in [-0.2, 0) is 4.79 Å². The molecule has 0 aliphatic carbocycles. The highest BCUT2D eigenvalue weighted by atomic mass is 32.2. The number of rotatable bonds is 3. The number of amides is 1. The third-order valence-electron chi connectivity index (χ3n) is 6.85. The minimum Gasteiger partial charge on any atom is -0.300 e. The van der Waals surface area contributed by atoms with Crippen molar-refractivity contribution >= 4 is 34.8 Å². The second kappa shape index (κ2) is 8.20. The van der Waals surface area contributed by atoms with E-state index in [1.165, 1.54) is 38.8 Å². The Morgan fingerprint density at radius 1 is 0.967 bits per heavy atom. The lowest BCUT2D eigenvalue weighted by atomic mass is 9.81. The number of Topliss-reactive ketones (excluding diaryl/α,β-unsaturated/α-hetero) is 1. The maximum absolute atomic E-state index is 13.8. The first-order chi connectivity index (χ1) is 14.6. The Hall–Kier alpha value is -2.11. The van der Waals surface area contributed by atoms with Crippen molar-refractivity contribution in [2.24, 2.45) is 5.92 Å². The lowest BCUT2D eigenvalue weighted by Gasteiger charge is -2.44. The largest absolute Gasteiger partial charge is 0.300 e. The SMILES string of the molecule is CC(=O)c1ccc2c(c1)N(C(=O)C[C@@H]1CCCN3CCCC[C@H]13)c1ccccc1S2. The van der Waals surface area contributed by atoms with Crippen molar-refractivity contribution in [3.8, 4) is 0 Å². The second-order valence-corrected chi connectivity index (χ2v) is 9.83. The van der Waals surface area contributed by atoms with E-state index in [4.69, 9.17) is 0 Å². The van der Waals surface area contributed by atoms with Crippen LogP contribution in [0.25, 0.3) is 0 Å². The molecule has 0 N–H and O–H groups in total. The molecule has 5 heteroatoms. The van der Waals surface area contributed by atoms with Crippen LogP contribution in [0.4, 0.5) is 11.4 Å².